The van der Waals surface area contributed by atoms with Crippen LogP contribution in [0.4, 0.5) is 11.5 Å². The quantitative estimate of drug-likeness (QED) is 0.911. The third-order valence-corrected chi connectivity index (χ3v) is 5.04. The Labute approximate surface area is 123 Å². The second-order valence-electron chi connectivity index (χ2n) is 4.67. The number of ether oxygens (including phenoxy) is 1. The largest absolute Gasteiger partial charge is 0.491 e. The van der Waals surface area contributed by atoms with Crippen LogP contribution in [0.3, 0.4) is 0 Å². The maximum Gasteiger partial charge on any atom is 0.265 e. The Bertz CT molecular complexity index is 744. The van der Waals surface area contributed by atoms with Gasteiger partial charge in [-0.15, -0.1) is 0 Å². The van der Waals surface area contributed by atoms with Crippen LogP contribution in [0.5, 0.6) is 5.75 Å². The van der Waals surface area contributed by atoms with Gasteiger partial charge in [-0.2, -0.15) is 0 Å². The number of nitrogens with two attached hydrogens (primary N) is 1. The van der Waals surface area contributed by atoms with Crippen molar-refractivity contribution in [1.29, 1.82) is 0 Å². The van der Waals surface area contributed by atoms with E-state index in [4.69, 9.17) is 10.5 Å². The molecule has 0 fully saturated rings. The van der Waals surface area contributed by atoms with Crippen molar-refractivity contribution in [2.75, 3.05) is 23.2 Å². The maximum atomic E-state index is 12.8. The summed E-state index contributed by atoms with van der Waals surface area (Å²) in [5.41, 5.74) is 6.06. The van der Waals surface area contributed by atoms with Crippen LogP contribution in [0.25, 0.3) is 0 Å². The number of rotatable bonds is 2. The molecule has 0 radical (unpaired) electrons. The molecule has 0 saturated heterocycles. The van der Waals surface area contributed by atoms with E-state index in [-0.39, 0.29) is 10.7 Å². The lowest BCUT2D eigenvalue weighted by Crippen LogP contribution is -2.31. The van der Waals surface area contributed by atoms with Crippen molar-refractivity contribution in [3.63, 3.8) is 0 Å². The fourth-order valence-corrected chi connectivity index (χ4v) is 3.68. The van der Waals surface area contributed by atoms with Gasteiger partial charge in [-0.05, 0) is 24.3 Å². The van der Waals surface area contributed by atoms with Crippen molar-refractivity contribution in [1.82, 2.24) is 4.98 Å². The Morgan fingerprint density at radius 3 is 2.76 bits per heavy atom. The van der Waals surface area contributed by atoms with E-state index in [1.165, 1.54) is 22.6 Å². The molecule has 2 N–H and O–H groups in total. The summed E-state index contributed by atoms with van der Waals surface area (Å²) < 4.78 is 32.6. The number of anilines is 2. The average Bonchev–Trinajstić information content (AvgIpc) is 2.70. The van der Waals surface area contributed by atoms with Gasteiger partial charge in [0.15, 0.2) is 0 Å². The SMILES string of the molecule is Nc1ccc(S(=O)(=O)N2CCCOc3ccccc32)cn1. The zero-order chi connectivity index (χ0) is 14.9. The highest BCUT2D eigenvalue weighted by Crippen LogP contribution is 2.34. The molecule has 2 heterocycles. The highest BCUT2D eigenvalue weighted by Gasteiger charge is 2.28. The number of pyridine rings is 1. The molecule has 1 aromatic heterocycles. The standard InChI is InChI=1S/C14H15N3O3S/c15-14-7-6-11(10-16-14)21(18,19)17-8-3-9-20-13-5-2-1-4-12(13)17/h1-2,4-7,10H,3,8-9H2,(H2,15,16). The van der Waals surface area contributed by atoms with Crippen molar-refractivity contribution < 1.29 is 13.2 Å². The number of nitrogen functional groups attached to an aromatic ring is 1. The summed E-state index contributed by atoms with van der Waals surface area (Å²) >= 11 is 0. The molecule has 0 bridgehead atoms. The second-order valence-corrected chi connectivity index (χ2v) is 6.53. The molecule has 0 amide bonds. The maximum absolute atomic E-state index is 12.8. The van der Waals surface area contributed by atoms with E-state index < -0.39 is 10.0 Å². The molecule has 0 unspecified atom stereocenters. The molecule has 0 spiro atoms. The van der Waals surface area contributed by atoms with E-state index in [2.05, 4.69) is 4.98 Å². The van der Waals surface area contributed by atoms with Gasteiger partial charge in [-0.1, -0.05) is 12.1 Å². The Hall–Kier alpha value is -2.28. The summed E-state index contributed by atoms with van der Waals surface area (Å²) in [6, 6.07) is 10.1. The fourth-order valence-electron chi connectivity index (χ4n) is 2.22. The summed E-state index contributed by atoms with van der Waals surface area (Å²) in [6.07, 6.45) is 1.90. The molecule has 1 aliphatic heterocycles. The van der Waals surface area contributed by atoms with Gasteiger partial charge in [-0.25, -0.2) is 13.4 Å². The molecule has 2 aromatic rings. The molecule has 6 nitrogen and oxygen atoms in total. The number of sulfonamides is 1. The van der Waals surface area contributed by atoms with Gasteiger partial charge < -0.3 is 10.5 Å². The summed E-state index contributed by atoms with van der Waals surface area (Å²) in [5.74, 6) is 0.857. The lowest BCUT2D eigenvalue weighted by atomic mass is 10.3. The number of benzene rings is 1. The van der Waals surface area contributed by atoms with E-state index in [1.54, 1.807) is 18.2 Å². The smallest absolute Gasteiger partial charge is 0.265 e. The number of nitrogens with zero attached hydrogens (tertiary/aromatic N) is 2. The summed E-state index contributed by atoms with van der Waals surface area (Å²) in [5, 5.41) is 0. The zero-order valence-corrected chi connectivity index (χ0v) is 12.1. The monoisotopic (exact) mass is 305 g/mol. The van der Waals surface area contributed by atoms with Crippen molar-refractivity contribution in [2.45, 2.75) is 11.3 Å². The molecule has 1 aromatic carbocycles. The molecule has 7 heteroatoms. The summed E-state index contributed by atoms with van der Waals surface area (Å²) in [6.45, 7) is 0.854. The number of hydrogen-bond donors (Lipinski definition) is 1. The minimum absolute atomic E-state index is 0.119. The Kier molecular flexibility index (Phi) is 3.42. The second kappa shape index (κ2) is 5.25. The van der Waals surface area contributed by atoms with Crippen LogP contribution in [0.2, 0.25) is 0 Å². The number of para-hydroxylation sites is 2. The molecule has 110 valence electrons. The van der Waals surface area contributed by atoms with Gasteiger partial charge in [0.25, 0.3) is 10.0 Å². The topological polar surface area (TPSA) is 85.5 Å². The Morgan fingerprint density at radius 2 is 2.00 bits per heavy atom. The lowest BCUT2D eigenvalue weighted by molar-refractivity contribution is 0.322. The first kappa shape index (κ1) is 13.7. The van der Waals surface area contributed by atoms with Gasteiger partial charge in [0.2, 0.25) is 0 Å². The number of hydrogen-bond acceptors (Lipinski definition) is 5. The van der Waals surface area contributed by atoms with Crippen molar-refractivity contribution >= 4 is 21.5 Å². The summed E-state index contributed by atoms with van der Waals surface area (Å²) in [4.78, 5) is 3.98. The first-order chi connectivity index (χ1) is 10.1. The molecule has 0 atom stereocenters. The van der Waals surface area contributed by atoms with E-state index >= 15 is 0 Å². The van der Waals surface area contributed by atoms with Crippen LogP contribution in [-0.4, -0.2) is 26.6 Å². The van der Waals surface area contributed by atoms with Crippen LogP contribution >= 0.6 is 0 Å². The molecule has 1 aliphatic rings. The summed E-state index contributed by atoms with van der Waals surface area (Å²) in [7, 11) is -3.68. The number of fused-ring (bicyclic) bond motifs is 1. The van der Waals surface area contributed by atoms with Crippen LogP contribution in [0.1, 0.15) is 6.42 Å². The van der Waals surface area contributed by atoms with Crippen LogP contribution < -0.4 is 14.8 Å². The molecule has 0 aliphatic carbocycles. The molecule has 21 heavy (non-hydrogen) atoms. The number of aromatic nitrogens is 1. The fraction of sp³-hybridized carbons (Fsp3) is 0.214. The van der Waals surface area contributed by atoms with Gasteiger partial charge in [0.1, 0.15) is 16.5 Å². The molecule has 3 rings (SSSR count). The third kappa shape index (κ3) is 2.52. The molecule has 0 saturated carbocycles. The molecular formula is C14H15N3O3S. The highest BCUT2D eigenvalue weighted by atomic mass is 32.2. The predicted molar refractivity (Wildman–Crippen MR) is 79.7 cm³/mol. The average molecular weight is 305 g/mol. The van der Waals surface area contributed by atoms with Crippen molar-refractivity contribution in [3.8, 4) is 5.75 Å². The zero-order valence-electron chi connectivity index (χ0n) is 11.3. The first-order valence-corrected chi connectivity index (χ1v) is 7.99. The highest BCUT2D eigenvalue weighted by molar-refractivity contribution is 7.92. The minimum Gasteiger partial charge on any atom is -0.491 e. The van der Waals surface area contributed by atoms with Crippen LogP contribution in [-0.2, 0) is 10.0 Å². The van der Waals surface area contributed by atoms with E-state index in [9.17, 15) is 8.42 Å². The minimum atomic E-state index is -3.68. The van der Waals surface area contributed by atoms with Gasteiger partial charge in [0, 0.05) is 19.2 Å². The molecular weight excluding hydrogens is 290 g/mol. The normalized spacial score (nSPS) is 15.0. The Balaban J connectivity index is 2.08. The third-order valence-electron chi connectivity index (χ3n) is 3.24. The van der Waals surface area contributed by atoms with Crippen LogP contribution in [0.15, 0.2) is 47.5 Å². The van der Waals surface area contributed by atoms with Crippen LogP contribution in [0, 0.1) is 0 Å². The van der Waals surface area contributed by atoms with Gasteiger partial charge in [0.05, 0.1) is 12.3 Å². The predicted octanol–water partition coefficient (Wildman–Crippen LogP) is 1.64. The van der Waals surface area contributed by atoms with Gasteiger partial charge in [-0.3, -0.25) is 4.31 Å². The van der Waals surface area contributed by atoms with E-state index in [0.717, 1.165) is 0 Å². The Morgan fingerprint density at radius 1 is 1.19 bits per heavy atom. The van der Waals surface area contributed by atoms with E-state index in [1.807, 2.05) is 6.07 Å². The van der Waals surface area contributed by atoms with Crippen molar-refractivity contribution in [3.05, 3.63) is 42.6 Å². The lowest BCUT2D eigenvalue weighted by Gasteiger charge is -2.23. The first-order valence-electron chi connectivity index (χ1n) is 6.55. The van der Waals surface area contributed by atoms with Gasteiger partial charge >= 0.3 is 0 Å². The van der Waals surface area contributed by atoms with E-state index in [0.29, 0.717) is 31.0 Å². The van der Waals surface area contributed by atoms with Crippen molar-refractivity contribution in [2.24, 2.45) is 0 Å².